The van der Waals surface area contributed by atoms with Crippen molar-refractivity contribution in [1.82, 2.24) is 14.8 Å². The molecule has 4 nitrogen and oxygen atoms in total. The summed E-state index contributed by atoms with van der Waals surface area (Å²) in [7, 11) is 0. The Morgan fingerprint density at radius 1 is 1.29 bits per heavy atom. The number of hydrogen-bond donors (Lipinski definition) is 0. The third-order valence-corrected chi connectivity index (χ3v) is 2.65. The lowest BCUT2D eigenvalue weighted by Gasteiger charge is -2.01. The maximum atomic E-state index is 8.58. The molecule has 0 saturated carbocycles. The molecule has 0 aliphatic heterocycles. The Bertz CT molecular complexity index is 524. The van der Waals surface area contributed by atoms with Crippen LogP contribution < -0.4 is 0 Å². The number of nitriles is 1. The van der Waals surface area contributed by atoms with Crippen LogP contribution in [0.4, 0.5) is 0 Å². The summed E-state index contributed by atoms with van der Waals surface area (Å²) >= 11 is 5.81. The molecule has 86 valence electrons. The van der Waals surface area contributed by atoms with Gasteiger partial charge in [0.15, 0.2) is 0 Å². The molecule has 0 spiro atoms. The number of benzene rings is 1. The highest BCUT2D eigenvalue weighted by atomic mass is 35.5. The fourth-order valence-electron chi connectivity index (χ4n) is 1.55. The van der Waals surface area contributed by atoms with Crippen molar-refractivity contribution in [3.63, 3.8) is 0 Å². The van der Waals surface area contributed by atoms with Crippen molar-refractivity contribution in [3.05, 3.63) is 47.0 Å². The van der Waals surface area contributed by atoms with Crippen molar-refractivity contribution in [2.75, 3.05) is 0 Å². The number of aromatic nitrogens is 3. The Labute approximate surface area is 104 Å². The number of hydrogen-bond acceptors (Lipinski definition) is 3. The van der Waals surface area contributed by atoms with Gasteiger partial charge in [-0.15, -0.1) is 5.10 Å². The van der Waals surface area contributed by atoms with E-state index in [-0.39, 0.29) is 5.82 Å². The Morgan fingerprint density at radius 2 is 2.06 bits per heavy atom. The molecule has 1 aromatic heterocycles. The monoisotopic (exact) mass is 246 g/mol. The van der Waals surface area contributed by atoms with Crippen LogP contribution in [0.2, 0.25) is 5.02 Å². The summed E-state index contributed by atoms with van der Waals surface area (Å²) in [5.74, 6) is 0.219. The summed E-state index contributed by atoms with van der Waals surface area (Å²) in [5.41, 5.74) is 1.25. The molecule has 0 N–H and O–H groups in total. The molecular formula is C12H11ClN4. The summed E-state index contributed by atoms with van der Waals surface area (Å²) in [6.45, 7) is 0.761. The quantitative estimate of drug-likeness (QED) is 0.833. The van der Waals surface area contributed by atoms with E-state index in [1.165, 1.54) is 5.56 Å². The molecule has 0 bridgehead atoms. The summed E-state index contributed by atoms with van der Waals surface area (Å²) < 4.78 is 1.69. The minimum absolute atomic E-state index is 0.219. The lowest BCUT2D eigenvalue weighted by atomic mass is 10.1. The molecule has 0 fully saturated rings. The van der Waals surface area contributed by atoms with Crippen molar-refractivity contribution in [1.29, 1.82) is 5.26 Å². The van der Waals surface area contributed by atoms with Gasteiger partial charge in [-0.1, -0.05) is 23.7 Å². The van der Waals surface area contributed by atoms with Crippen LogP contribution in [-0.4, -0.2) is 14.8 Å². The van der Waals surface area contributed by atoms with Crippen LogP contribution in [0.3, 0.4) is 0 Å². The van der Waals surface area contributed by atoms with Crippen molar-refractivity contribution in [3.8, 4) is 6.07 Å². The van der Waals surface area contributed by atoms with Gasteiger partial charge >= 0.3 is 0 Å². The first-order chi connectivity index (χ1) is 8.28. The molecule has 2 aromatic rings. The number of rotatable bonds is 4. The Kier molecular flexibility index (Phi) is 3.73. The molecular weight excluding hydrogens is 236 g/mol. The second-order valence-electron chi connectivity index (χ2n) is 3.67. The first-order valence-electron chi connectivity index (χ1n) is 5.32. The zero-order valence-electron chi connectivity index (χ0n) is 9.17. The fourth-order valence-corrected chi connectivity index (χ4v) is 1.68. The van der Waals surface area contributed by atoms with Gasteiger partial charge in [-0.05, 0) is 30.5 Å². The third kappa shape index (κ3) is 3.30. The molecule has 17 heavy (non-hydrogen) atoms. The molecule has 0 amide bonds. The van der Waals surface area contributed by atoms with Gasteiger partial charge < -0.3 is 0 Å². The Morgan fingerprint density at radius 3 is 2.71 bits per heavy atom. The second kappa shape index (κ2) is 5.46. The van der Waals surface area contributed by atoms with E-state index in [4.69, 9.17) is 16.9 Å². The lowest BCUT2D eigenvalue weighted by Crippen LogP contribution is -2.00. The zero-order chi connectivity index (χ0) is 12.1. The van der Waals surface area contributed by atoms with E-state index in [2.05, 4.69) is 10.1 Å². The first kappa shape index (κ1) is 11.6. The Balaban J connectivity index is 1.83. The number of aryl methyl sites for hydroxylation is 2. The van der Waals surface area contributed by atoms with E-state index in [1.54, 1.807) is 11.0 Å². The van der Waals surface area contributed by atoms with Gasteiger partial charge in [-0.2, -0.15) is 5.26 Å². The summed E-state index contributed by atoms with van der Waals surface area (Å²) in [4.78, 5) is 3.85. The van der Waals surface area contributed by atoms with Crippen LogP contribution in [-0.2, 0) is 13.0 Å². The van der Waals surface area contributed by atoms with Crippen LogP contribution in [0, 0.1) is 11.3 Å². The van der Waals surface area contributed by atoms with Gasteiger partial charge in [0.25, 0.3) is 5.82 Å². The average Bonchev–Trinajstić information content (AvgIpc) is 2.80. The van der Waals surface area contributed by atoms with Crippen LogP contribution >= 0.6 is 11.6 Å². The molecule has 0 unspecified atom stereocenters. The van der Waals surface area contributed by atoms with Gasteiger partial charge in [0.1, 0.15) is 12.4 Å². The van der Waals surface area contributed by atoms with Crippen LogP contribution in [0.25, 0.3) is 0 Å². The molecule has 0 atom stereocenters. The van der Waals surface area contributed by atoms with Crippen molar-refractivity contribution >= 4 is 11.6 Å². The average molecular weight is 247 g/mol. The van der Waals surface area contributed by atoms with E-state index in [1.807, 2.05) is 30.3 Å². The summed E-state index contributed by atoms with van der Waals surface area (Å²) in [5, 5.41) is 13.3. The molecule has 0 aliphatic carbocycles. The topological polar surface area (TPSA) is 54.5 Å². The van der Waals surface area contributed by atoms with E-state index in [9.17, 15) is 0 Å². The van der Waals surface area contributed by atoms with Gasteiger partial charge in [0, 0.05) is 11.6 Å². The van der Waals surface area contributed by atoms with E-state index >= 15 is 0 Å². The standard InChI is InChI=1S/C12H11ClN4/c13-11-5-3-10(4-6-11)2-1-7-17-9-15-12(8-14)16-17/h3-6,9H,1-2,7H2. The lowest BCUT2D eigenvalue weighted by molar-refractivity contribution is 0.576. The molecule has 5 heteroatoms. The molecule has 0 aliphatic rings. The summed E-state index contributed by atoms with van der Waals surface area (Å²) in [6, 6.07) is 9.72. The van der Waals surface area contributed by atoms with Crippen molar-refractivity contribution in [2.45, 2.75) is 19.4 Å². The van der Waals surface area contributed by atoms with Crippen LogP contribution in [0.15, 0.2) is 30.6 Å². The second-order valence-corrected chi connectivity index (χ2v) is 4.11. The largest absolute Gasteiger partial charge is 0.252 e. The fraction of sp³-hybridized carbons (Fsp3) is 0.250. The van der Waals surface area contributed by atoms with Crippen LogP contribution in [0.1, 0.15) is 17.8 Å². The predicted molar refractivity (Wildman–Crippen MR) is 64.5 cm³/mol. The SMILES string of the molecule is N#Cc1ncn(CCCc2ccc(Cl)cc2)n1. The smallest absolute Gasteiger partial charge is 0.252 e. The minimum atomic E-state index is 0.219. The molecule has 0 radical (unpaired) electrons. The third-order valence-electron chi connectivity index (χ3n) is 2.40. The van der Waals surface area contributed by atoms with Gasteiger partial charge in [-0.3, -0.25) is 4.68 Å². The minimum Gasteiger partial charge on any atom is -0.252 e. The zero-order valence-corrected chi connectivity index (χ0v) is 9.93. The van der Waals surface area contributed by atoms with E-state index < -0.39 is 0 Å². The molecule has 1 heterocycles. The predicted octanol–water partition coefficient (Wildman–Crippen LogP) is 2.44. The Hall–Kier alpha value is -1.86. The molecule has 2 rings (SSSR count). The maximum Gasteiger partial charge on any atom is 0.252 e. The number of halogens is 1. The van der Waals surface area contributed by atoms with E-state index in [0.29, 0.717) is 0 Å². The van der Waals surface area contributed by atoms with Crippen molar-refractivity contribution in [2.24, 2.45) is 0 Å². The highest BCUT2D eigenvalue weighted by Gasteiger charge is 1.99. The first-order valence-corrected chi connectivity index (χ1v) is 5.70. The highest BCUT2D eigenvalue weighted by molar-refractivity contribution is 6.30. The normalized spacial score (nSPS) is 10.1. The highest BCUT2D eigenvalue weighted by Crippen LogP contribution is 2.11. The summed E-state index contributed by atoms with van der Waals surface area (Å²) in [6.07, 6.45) is 3.50. The van der Waals surface area contributed by atoms with Gasteiger partial charge in [0.05, 0.1) is 0 Å². The molecule has 0 saturated heterocycles. The van der Waals surface area contributed by atoms with Gasteiger partial charge in [0.2, 0.25) is 0 Å². The van der Waals surface area contributed by atoms with Gasteiger partial charge in [-0.25, -0.2) is 4.98 Å². The number of nitrogens with zero attached hydrogens (tertiary/aromatic N) is 4. The van der Waals surface area contributed by atoms with Crippen LogP contribution in [0.5, 0.6) is 0 Å². The molecule has 1 aromatic carbocycles. The van der Waals surface area contributed by atoms with E-state index in [0.717, 1.165) is 24.4 Å². The van der Waals surface area contributed by atoms with Crippen molar-refractivity contribution < 1.29 is 0 Å². The maximum absolute atomic E-state index is 8.58.